The van der Waals surface area contributed by atoms with Crippen LogP contribution >= 0.6 is 31.9 Å². The fraction of sp³-hybridized carbons (Fsp3) is 0. The number of fused-ring (bicyclic) bond motifs is 1. The minimum Gasteiger partial charge on any atom is -0.336 e. The van der Waals surface area contributed by atoms with Gasteiger partial charge in [0.15, 0.2) is 11.6 Å². The molecule has 0 saturated carbocycles. The Kier molecular flexibility index (Phi) is 5.53. The van der Waals surface area contributed by atoms with Crippen molar-refractivity contribution in [1.82, 2.24) is 9.97 Å². The van der Waals surface area contributed by atoms with Gasteiger partial charge in [-0.15, -0.1) is 0 Å². The summed E-state index contributed by atoms with van der Waals surface area (Å²) < 4.78 is 29.9. The molecule has 146 valence electrons. The van der Waals surface area contributed by atoms with E-state index < -0.39 is 10.0 Å². The zero-order valence-corrected chi connectivity index (χ0v) is 18.8. The maximum absolute atomic E-state index is 12.8. The van der Waals surface area contributed by atoms with Crippen molar-refractivity contribution >= 4 is 70.2 Å². The van der Waals surface area contributed by atoms with Crippen molar-refractivity contribution in [3.63, 3.8) is 0 Å². The Morgan fingerprint density at radius 2 is 1.38 bits per heavy atom. The van der Waals surface area contributed by atoms with E-state index in [1.54, 1.807) is 24.3 Å². The Labute approximate surface area is 184 Å². The predicted octanol–water partition coefficient (Wildman–Crippen LogP) is 5.70. The van der Waals surface area contributed by atoms with Gasteiger partial charge in [-0.1, -0.05) is 46.3 Å². The van der Waals surface area contributed by atoms with Gasteiger partial charge in [-0.05, 0) is 58.4 Å². The summed E-state index contributed by atoms with van der Waals surface area (Å²) >= 11 is 6.91. The van der Waals surface area contributed by atoms with Gasteiger partial charge in [0, 0.05) is 8.95 Å². The molecular weight excluding hydrogens is 520 g/mol. The number of aromatic nitrogens is 2. The molecule has 0 amide bonds. The number of para-hydroxylation sites is 2. The van der Waals surface area contributed by atoms with Gasteiger partial charge in [0.2, 0.25) is 0 Å². The van der Waals surface area contributed by atoms with Gasteiger partial charge in [0.25, 0.3) is 10.0 Å². The lowest BCUT2D eigenvalue weighted by Gasteiger charge is -2.14. The van der Waals surface area contributed by atoms with E-state index in [1.165, 1.54) is 12.1 Å². The van der Waals surface area contributed by atoms with E-state index in [9.17, 15) is 8.42 Å². The van der Waals surface area contributed by atoms with Crippen molar-refractivity contribution in [3.05, 3.63) is 81.7 Å². The van der Waals surface area contributed by atoms with E-state index in [2.05, 4.69) is 51.9 Å². The summed E-state index contributed by atoms with van der Waals surface area (Å²) in [6, 6.07) is 21.0. The van der Waals surface area contributed by atoms with Gasteiger partial charge in [0.05, 0.1) is 21.6 Å². The predicted molar refractivity (Wildman–Crippen MR) is 122 cm³/mol. The summed E-state index contributed by atoms with van der Waals surface area (Å²) in [6.45, 7) is 0. The lowest BCUT2D eigenvalue weighted by molar-refractivity contribution is 0.601. The van der Waals surface area contributed by atoms with Gasteiger partial charge in [0.1, 0.15) is 0 Å². The molecule has 4 aromatic rings. The molecule has 6 nitrogen and oxygen atoms in total. The van der Waals surface area contributed by atoms with Crippen LogP contribution in [0.1, 0.15) is 0 Å². The van der Waals surface area contributed by atoms with Crippen LogP contribution in [0.25, 0.3) is 11.0 Å². The molecule has 2 N–H and O–H groups in total. The highest BCUT2D eigenvalue weighted by molar-refractivity contribution is 9.11. The zero-order valence-electron chi connectivity index (χ0n) is 14.8. The minimum atomic E-state index is -3.83. The molecule has 0 bridgehead atoms. The van der Waals surface area contributed by atoms with Crippen LogP contribution in [0.4, 0.5) is 17.3 Å². The topological polar surface area (TPSA) is 84.0 Å². The first-order chi connectivity index (χ1) is 13.9. The second-order valence-electron chi connectivity index (χ2n) is 6.08. The lowest BCUT2D eigenvalue weighted by atomic mass is 10.3. The average molecular weight is 534 g/mol. The first kappa shape index (κ1) is 19.8. The van der Waals surface area contributed by atoms with E-state index in [4.69, 9.17) is 0 Å². The van der Waals surface area contributed by atoms with Gasteiger partial charge >= 0.3 is 0 Å². The fourth-order valence-corrected chi connectivity index (χ4v) is 4.84. The quantitative estimate of drug-likeness (QED) is 0.344. The third-order valence-corrected chi connectivity index (χ3v) is 6.54. The van der Waals surface area contributed by atoms with Crippen LogP contribution in [0.5, 0.6) is 0 Å². The molecule has 4 rings (SSSR count). The zero-order chi connectivity index (χ0) is 20.4. The number of hydrogen-bond donors (Lipinski definition) is 2. The minimum absolute atomic E-state index is 0.113. The Bertz CT molecular complexity index is 1300. The molecular formula is C20H14Br2N4O2S. The monoisotopic (exact) mass is 532 g/mol. The molecule has 0 unspecified atom stereocenters. The van der Waals surface area contributed by atoms with Gasteiger partial charge in [-0.25, -0.2) is 18.4 Å². The molecule has 3 aromatic carbocycles. The third-order valence-electron chi connectivity index (χ3n) is 4.04. The molecule has 9 heteroatoms. The van der Waals surface area contributed by atoms with Crippen LogP contribution in [0.3, 0.4) is 0 Å². The van der Waals surface area contributed by atoms with Gasteiger partial charge < -0.3 is 5.32 Å². The van der Waals surface area contributed by atoms with Gasteiger partial charge in [-0.2, -0.15) is 0 Å². The summed E-state index contributed by atoms with van der Waals surface area (Å²) in [7, 11) is -3.83. The molecule has 0 spiro atoms. The number of benzene rings is 3. The van der Waals surface area contributed by atoms with Crippen molar-refractivity contribution in [1.29, 1.82) is 0 Å². The van der Waals surface area contributed by atoms with Crippen LogP contribution in [0.15, 0.2) is 86.6 Å². The normalized spacial score (nSPS) is 11.4. The van der Waals surface area contributed by atoms with E-state index in [-0.39, 0.29) is 10.7 Å². The molecule has 0 fully saturated rings. The molecule has 0 atom stereocenters. The Morgan fingerprint density at radius 3 is 2.03 bits per heavy atom. The van der Waals surface area contributed by atoms with E-state index in [1.807, 2.05) is 36.4 Å². The van der Waals surface area contributed by atoms with Crippen LogP contribution in [0, 0.1) is 0 Å². The van der Waals surface area contributed by atoms with Crippen LogP contribution < -0.4 is 10.0 Å². The second kappa shape index (κ2) is 8.10. The number of hydrogen-bond acceptors (Lipinski definition) is 5. The highest BCUT2D eigenvalue weighted by Crippen LogP contribution is 2.32. The van der Waals surface area contributed by atoms with E-state index in [0.29, 0.717) is 16.9 Å². The number of sulfonamides is 1. The molecule has 0 saturated heterocycles. The van der Waals surface area contributed by atoms with Crippen molar-refractivity contribution < 1.29 is 8.42 Å². The first-order valence-corrected chi connectivity index (χ1v) is 11.6. The third kappa shape index (κ3) is 4.42. The SMILES string of the molecule is O=S(=O)(Nc1nc2ccccc2nc1Nc1ccc(Br)cc1Br)c1ccccc1. The number of anilines is 3. The second-order valence-corrected chi connectivity index (χ2v) is 9.53. The fourth-order valence-electron chi connectivity index (χ4n) is 2.66. The maximum atomic E-state index is 12.8. The summed E-state index contributed by atoms with van der Waals surface area (Å²) in [4.78, 5) is 9.21. The number of nitrogens with zero attached hydrogens (tertiary/aromatic N) is 2. The smallest absolute Gasteiger partial charge is 0.263 e. The average Bonchev–Trinajstić information content (AvgIpc) is 2.71. The molecule has 0 radical (unpaired) electrons. The molecule has 0 aliphatic rings. The van der Waals surface area contributed by atoms with Crippen molar-refractivity contribution in [2.45, 2.75) is 4.90 Å². The molecule has 1 aromatic heterocycles. The largest absolute Gasteiger partial charge is 0.336 e. The highest BCUT2D eigenvalue weighted by Gasteiger charge is 2.19. The summed E-state index contributed by atoms with van der Waals surface area (Å²) in [5.41, 5.74) is 1.95. The molecule has 1 heterocycles. The van der Waals surface area contributed by atoms with Crippen molar-refractivity contribution in [2.24, 2.45) is 0 Å². The number of rotatable bonds is 5. The van der Waals surface area contributed by atoms with E-state index >= 15 is 0 Å². The molecule has 29 heavy (non-hydrogen) atoms. The lowest BCUT2D eigenvalue weighted by Crippen LogP contribution is -2.16. The molecule has 0 aliphatic heterocycles. The van der Waals surface area contributed by atoms with Crippen molar-refractivity contribution in [3.8, 4) is 0 Å². The highest BCUT2D eigenvalue weighted by atomic mass is 79.9. The summed E-state index contributed by atoms with van der Waals surface area (Å²) in [6.07, 6.45) is 0. The van der Waals surface area contributed by atoms with E-state index in [0.717, 1.165) is 14.6 Å². The maximum Gasteiger partial charge on any atom is 0.263 e. The molecule has 0 aliphatic carbocycles. The van der Waals surface area contributed by atoms with Crippen LogP contribution in [-0.2, 0) is 10.0 Å². The van der Waals surface area contributed by atoms with Crippen molar-refractivity contribution in [2.75, 3.05) is 10.0 Å². The van der Waals surface area contributed by atoms with Crippen LogP contribution in [-0.4, -0.2) is 18.4 Å². The summed E-state index contributed by atoms with van der Waals surface area (Å²) in [5, 5.41) is 3.17. The number of halogens is 2. The Balaban J connectivity index is 1.80. The van der Waals surface area contributed by atoms with Crippen LogP contribution in [0.2, 0.25) is 0 Å². The van der Waals surface area contributed by atoms with Gasteiger partial charge in [-0.3, -0.25) is 4.72 Å². The standard InChI is InChI=1S/C20H14Br2N4O2S/c21-13-10-11-16(15(22)12-13)23-19-20(25-18-9-5-4-8-17(18)24-19)26-29(27,28)14-6-2-1-3-7-14/h1-12H,(H,23,24)(H,25,26). The Hall–Kier alpha value is -2.49. The Morgan fingerprint density at radius 1 is 0.759 bits per heavy atom. The number of nitrogens with one attached hydrogen (secondary N) is 2. The summed E-state index contributed by atoms with van der Waals surface area (Å²) in [5.74, 6) is 0.411. The first-order valence-electron chi connectivity index (χ1n) is 8.49.